The normalized spacial score (nSPS) is 18.5. The summed E-state index contributed by atoms with van der Waals surface area (Å²) in [6.07, 6.45) is 5.90. The number of phenols is 1. The molecule has 2 aliphatic rings. The van der Waals surface area contributed by atoms with Gasteiger partial charge in [-0.1, -0.05) is 38.1 Å². The van der Waals surface area contributed by atoms with Crippen molar-refractivity contribution in [2.75, 3.05) is 45.3 Å². The van der Waals surface area contributed by atoms with Gasteiger partial charge in [0.15, 0.2) is 6.29 Å². The van der Waals surface area contributed by atoms with Crippen LogP contribution in [0.15, 0.2) is 66.1 Å². The van der Waals surface area contributed by atoms with Crippen LogP contribution in [0.5, 0.6) is 5.75 Å². The highest BCUT2D eigenvalue weighted by Gasteiger charge is 2.27. The molecule has 0 aliphatic carbocycles. The van der Waals surface area contributed by atoms with Gasteiger partial charge in [0, 0.05) is 69.2 Å². The van der Waals surface area contributed by atoms with Gasteiger partial charge in [-0.2, -0.15) is 0 Å². The van der Waals surface area contributed by atoms with Crippen LogP contribution in [-0.4, -0.2) is 56.7 Å². The molecule has 0 saturated carbocycles. The van der Waals surface area contributed by atoms with E-state index in [9.17, 15) is 5.11 Å². The molecular weight excluding hydrogens is 490 g/mol. The zero-order chi connectivity index (χ0) is 28.4. The Balaban J connectivity index is 0.00000205. The van der Waals surface area contributed by atoms with Crippen LogP contribution in [0.1, 0.15) is 56.6 Å². The summed E-state index contributed by atoms with van der Waals surface area (Å²) in [5.41, 5.74) is 22.8. The van der Waals surface area contributed by atoms with Crippen LogP contribution in [0.3, 0.4) is 0 Å². The van der Waals surface area contributed by atoms with Crippen LogP contribution in [0.2, 0.25) is 0 Å². The summed E-state index contributed by atoms with van der Waals surface area (Å²) in [4.78, 5) is 4.65. The molecule has 0 radical (unpaired) electrons. The molecular formula is C31H47N5O3. The molecule has 0 amide bonds. The van der Waals surface area contributed by atoms with Gasteiger partial charge in [-0.3, -0.25) is 0 Å². The van der Waals surface area contributed by atoms with E-state index < -0.39 is 0 Å². The molecule has 39 heavy (non-hydrogen) atoms. The largest absolute Gasteiger partial charge is 0.507 e. The summed E-state index contributed by atoms with van der Waals surface area (Å²) in [6.45, 7) is 7.65. The van der Waals surface area contributed by atoms with E-state index in [1.54, 1.807) is 38.5 Å². The lowest BCUT2D eigenvalue weighted by atomic mass is 9.89. The summed E-state index contributed by atoms with van der Waals surface area (Å²) >= 11 is 0. The number of ether oxygens (including phenoxy) is 2. The highest BCUT2D eigenvalue weighted by atomic mass is 16.7. The quantitative estimate of drug-likeness (QED) is 0.286. The average Bonchev–Trinajstić information content (AvgIpc) is 2.98. The number of phenolic OH excluding ortho intramolecular Hbond substituents is 1. The van der Waals surface area contributed by atoms with Gasteiger partial charge in [0.1, 0.15) is 11.6 Å². The molecule has 2 fully saturated rings. The standard InChI is InChI=1S/C29H41N5O3.C2H6/c1-36-29(37-2)21-13-16-33(17-14-21)23-11-9-20(10-12-23)22-6-5-15-34(19-22)26(28(31)32)18-25(30)24-7-3-4-8-27(24)35;1-2/h3-4,7-12,18,21-22,29,35H,5-6,13-17,19,30-32H2,1-2H3;1-2H3/b25-18-;. The van der Waals surface area contributed by atoms with Crippen molar-refractivity contribution in [1.82, 2.24) is 4.90 Å². The number of rotatable bonds is 8. The molecule has 214 valence electrons. The first-order chi connectivity index (χ1) is 18.9. The number of nitrogens with two attached hydrogens (primary N) is 3. The summed E-state index contributed by atoms with van der Waals surface area (Å²) < 4.78 is 10.9. The predicted octanol–water partition coefficient (Wildman–Crippen LogP) is 4.52. The van der Waals surface area contributed by atoms with Gasteiger partial charge in [0.05, 0.1) is 5.70 Å². The third-order valence-electron chi connectivity index (χ3n) is 7.68. The van der Waals surface area contributed by atoms with Crippen LogP contribution >= 0.6 is 0 Å². The first-order valence-corrected chi connectivity index (χ1v) is 14.1. The number of likely N-dealkylation sites (tertiary alicyclic amines) is 1. The summed E-state index contributed by atoms with van der Waals surface area (Å²) in [6, 6.07) is 16.0. The number of hydrogen-bond acceptors (Lipinski definition) is 8. The number of benzene rings is 2. The third-order valence-corrected chi connectivity index (χ3v) is 7.68. The molecule has 7 N–H and O–H groups in total. The van der Waals surface area contributed by atoms with E-state index in [0.717, 1.165) is 51.9 Å². The third kappa shape index (κ3) is 7.61. The second-order valence-corrected chi connectivity index (χ2v) is 10.00. The van der Waals surface area contributed by atoms with E-state index in [4.69, 9.17) is 26.7 Å². The molecule has 2 heterocycles. The molecule has 0 aromatic heterocycles. The molecule has 0 spiro atoms. The van der Waals surface area contributed by atoms with Crippen molar-refractivity contribution < 1.29 is 14.6 Å². The van der Waals surface area contributed by atoms with Crippen molar-refractivity contribution >= 4 is 11.4 Å². The van der Waals surface area contributed by atoms with Crippen LogP contribution in [0.4, 0.5) is 5.69 Å². The number of nitrogens with zero attached hydrogens (tertiary/aromatic N) is 2. The van der Waals surface area contributed by atoms with Crippen molar-refractivity contribution in [3.05, 3.63) is 77.3 Å². The summed E-state index contributed by atoms with van der Waals surface area (Å²) in [7, 11) is 3.43. The lowest BCUT2D eigenvalue weighted by Gasteiger charge is -2.37. The van der Waals surface area contributed by atoms with Gasteiger partial charge in [-0.05, 0) is 61.6 Å². The SMILES string of the molecule is CC.COC(OC)C1CCN(c2ccc(C3CCCN(C(/C=C(\N)c4ccccc4O)=C(N)N)C3)cc2)CC1. The monoisotopic (exact) mass is 537 g/mol. The van der Waals surface area contributed by atoms with E-state index >= 15 is 0 Å². The van der Waals surface area contributed by atoms with Crippen molar-refractivity contribution in [3.63, 3.8) is 0 Å². The summed E-state index contributed by atoms with van der Waals surface area (Å²) in [5, 5.41) is 10.2. The molecule has 4 rings (SSSR count). The number of anilines is 1. The Kier molecular flexibility index (Phi) is 11.4. The highest BCUT2D eigenvalue weighted by molar-refractivity contribution is 5.70. The molecule has 1 unspecified atom stereocenters. The Morgan fingerprint density at radius 1 is 0.923 bits per heavy atom. The van der Waals surface area contributed by atoms with Crippen LogP contribution in [0.25, 0.3) is 5.70 Å². The maximum atomic E-state index is 10.2. The Labute approximate surface area is 234 Å². The Hall–Kier alpha value is -3.36. The molecule has 2 aliphatic heterocycles. The lowest BCUT2D eigenvalue weighted by Crippen LogP contribution is -2.39. The van der Waals surface area contributed by atoms with E-state index in [0.29, 0.717) is 28.8 Å². The van der Waals surface area contributed by atoms with Gasteiger partial charge >= 0.3 is 0 Å². The van der Waals surface area contributed by atoms with Gasteiger partial charge in [-0.15, -0.1) is 0 Å². The zero-order valence-electron chi connectivity index (χ0n) is 24.0. The van der Waals surface area contributed by atoms with Crippen LogP contribution < -0.4 is 22.1 Å². The van der Waals surface area contributed by atoms with Crippen molar-refractivity contribution in [2.45, 2.75) is 51.7 Å². The maximum absolute atomic E-state index is 10.2. The van der Waals surface area contributed by atoms with E-state index in [1.165, 1.54) is 11.3 Å². The van der Waals surface area contributed by atoms with Crippen molar-refractivity contribution in [1.29, 1.82) is 0 Å². The second kappa shape index (κ2) is 14.7. The van der Waals surface area contributed by atoms with Crippen LogP contribution in [0, 0.1) is 5.92 Å². The number of para-hydroxylation sites is 1. The first kappa shape index (κ1) is 30.2. The predicted molar refractivity (Wildman–Crippen MR) is 160 cm³/mol. The molecule has 2 saturated heterocycles. The number of allylic oxidation sites excluding steroid dienone is 1. The molecule has 1 atom stereocenters. The molecule has 0 bridgehead atoms. The average molecular weight is 538 g/mol. The fraction of sp³-hybridized carbons (Fsp3) is 0.484. The number of piperidine rings is 2. The second-order valence-electron chi connectivity index (χ2n) is 10.00. The maximum Gasteiger partial charge on any atom is 0.159 e. The Morgan fingerprint density at radius 2 is 1.56 bits per heavy atom. The van der Waals surface area contributed by atoms with Crippen LogP contribution in [-0.2, 0) is 9.47 Å². The Bertz CT molecular complexity index is 1090. The Morgan fingerprint density at radius 3 is 2.15 bits per heavy atom. The van der Waals surface area contributed by atoms with Crippen molar-refractivity contribution in [3.8, 4) is 5.75 Å². The smallest absolute Gasteiger partial charge is 0.159 e. The summed E-state index contributed by atoms with van der Waals surface area (Å²) in [5.74, 6) is 1.16. The minimum Gasteiger partial charge on any atom is -0.507 e. The zero-order valence-corrected chi connectivity index (χ0v) is 24.0. The van der Waals surface area contributed by atoms with E-state index in [-0.39, 0.29) is 17.9 Å². The molecule has 8 heteroatoms. The number of aromatic hydroxyl groups is 1. The number of hydrogen-bond donors (Lipinski definition) is 4. The number of methoxy groups -OCH3 is 2. The van der Waals surface area contributed by atoms with Gasteiger partial charge in [0.25, 0.3) is 0 Å². The lowest BCUT2D eigenvalue weighted by molar-refractivity contribution is -0.141. The van der Waals surface area contributed by atoms with E-state index in [1.807, 2.05) is 19.9 Å². The van der Waals surface area contributed by atoms with Gasteiger partial charge in [0.2, 0.25) is 0 Å². The molecule has 2 aromatic carbocycles. The minimum absolute atomic E-state index is 0.121. The van der Waals surface area contributed by atoms with Crippen molar-refractivity contribution in [2.24, 2.45) is 23.1 Å². The highest BCUT2D eigenvalue weighted by Crippen LogP contribution is 2.33. The molecule has 2 aromatic rings. The van der Waals surface area contributed by atoms with Gasteiger partial charge in [-0.25, -0.2) is 0 Å². The topological polar surface area (TPSA) is 123 Å². The van der Waals surface area contributed by atoms with Gasteiger partial charge < -0.3 is 41.6 Å². The van der Waals surface area contributed by atoms with E-state index in [2.05, 4.69) is 34.1 Å². The molecule has 8 nitrogen and oxygen atoms in total. The first-order valence-electron chi connectivity index (χ1n) is 14.1. The fourth-order valence-electron chi connectivity index (χ4n) is 5.64. The minimum atomic E-state index is -0.121. The fourth-order valence-corrected chi connectivity index (χ4v) is 5.64.